The van der Waals surface area contributed by atoms with Gasteiger partial charge in [-0.2, -0.15) is 4.98 Å². The molecule has 2 aromatic carbocycles. The Morgan fingerprint density at radius 2 is 1.25 bits per heavy atom. The maximum atomic E-state index is 13.4. The number of benzene rings is 2. The van der Waals surface area contributed by atoms with Crippen molar-refractivity contribution in [2.24, 2.45) is 0 Å². The molecule has 2 N–H and O–H groups in total. The van der Waals surface area contributed by atoms with Gasteiger partial charge in [-0.15, -0.1) is 0 Å². The molecular weight excluding hydrogens is 787 g/mol. The molecule has 0 aliphatic carbocycles. The SMILES string of the molecule is CN(C)C(=O)CN1CCN(CCn2cc3c(nc2=O)Nc2c(OCCNC(=O)OCc4ccccc4)cccc2O3)CCN(CC(=O)N(C)C)CCN(CC(=O)N(C)C)CC1. The molecule has 0 unspecified atom stereocenters. The number of amides is 4. The van der Waals surface area contributed by atoms with E-state index in [4.69, 9.17) is 14.2 Å². The number of likely N-dealkylation sites (N-methyl/N-ethyl adjacent to an activating group) is 3. The summed E-state index contributed by atoms with van der Waals surface area (Å²) in [6.07, 6.45) is 1.09. The van der Waals surface area contributed by atoms with E-state index >= 15 is 0 Å². The van der Waals surface area contributed by atoms with E-state index in [9.17, 15) is 24.0 Å². The Balaban J connectivity index is 1.23. The van der Waals surface area contributed by atoms with E-state index in [1.807, 2.05) is 30.3 Å². The summed E-state index contributed by atoms with van der Waals surface area (Å²) in [5.41, 5.74) is 0.927. The molecule has 3 aromatic rings. The Bertz CT molecular complexity index is 1960. The highest BCUT2D eigenvalue weighted by Gasteiger charge is 2.25. The second-order valence-electron chi connectivity index (χ2n) is 15.7. The third-order valence-corrected chi connectivity index (χ3v) is 10.4. The van der Waals surface area contributed by atoms with Crippen LogP contribution in [0, 0.1) is 0 Å². The van der Waals surface area contributed by atoms with Gasteiger partial charge < -0.3 is 39.5 Å². The molecule has 61 heavy (non-hydrogen) atoms. The summed E-state index contributed by atoms with van der Waals surface area (Å²) < 4.78 is 19.0. The number of carbonyl (C=O) groups excluding carboxylic acids is 4. The number of anilines is 2. The molecule has 1 saturated heterocycles. The lowest BCUT2D eigenvalue weighted by atomic mass is 10.2. The summed E-state index contributed by atoms with van der Waals surface area (Å²) in [5, 5.41) is 5.87. The van der Waals surface area contributed by atoms with Gasteiger partial charge >= 0.3 is 11.8 Å². The third-order valence-electron chi connectivity index (χ3n) is 10.4. The molecule has 4 amide bonds. The zero-order valence-electron chi connectivity index (χ0n) is 36.3. The number of nitrogens with zero attached hydrogens (tertiary/aromatic N) is 9. The molecule has 19 nitrogen and oxygen atoms in total. The van der Waals surface area contributed by atoms with Gasteiger partial charge in [-0.3, -0.25) is 38.6 Å². The number of rotatable bonds is 15. The first-order valence-corrected chi connectivity index (χ1v) is 20.5. The van der Waals surface area contributed by atoms with E-state index in [0.717, 1.165) is 5.56 Å². The number of ether oxygens (including phenoxy) is 3. The summed E-state index contributed by atoms with van der Waals surface area (Å²) >= 11 is 0. The lowest BCUT2D eigenvalue weighted by Gasteiger charge is -2.34. The molecule has 2 aliphatic rings. The summed E-state index contributed by atoms with van der Waals surface area (Å²) in [4.78, 5) is 81.7. The number of nitrogens with one attached hydrogen (secondary N) is 2. The fraction of sp³-hybridized carbons (Fsp3) is 0.524. The number of fused-ring (bicyclic) bond motifs is 2. The maximum absolute atomic E-state index is 13.4. The number of hydrogen-bond donors (Lipinski definition) is 2. The van der Waals surface area contributed by atoms with Crippen molar-refractivity contribution < 1.29 is 33.4 Å². The molecule has 0 spiro atoms. The molecule has 5 rings (SSSR count). The molecule has 0 atom stereocenters. The normalized spacial score (nSPS) is 15.4. The van der Waals surface area contributed by atoms with Crippen LogP contribution in [0.1, 0.15) is 5.56 Å². The van der Waals surface area contributed by atoms with Crippen LogP contribution in [0.2, 0.25) is 0 Å². The number of para-hydroxylation sites is 1. The Morgan fingerprint density at radius 3 is 1.79 bits per heavy atom. The van der Waals surface area contributed by atoms with E-state index in [2.05, 4.69) is 35.2 Å². The van der Waals surface area contributed by atoms with Gasteiger partial charge in [0.05, 0.1) is 32.4 Å². The smallest absolute Gasteiger partial charge is 0.407 e. The van der Waals surface area contributed by atoms with Crippen molar-refractivity contribution in [2.45, 2.75) is 13.2 Å². The van der Waals surface area contributed by atoms with Crippen LogP contribution in [0.25, 0.3) is 0 Å². The van der Waals surface area contributed by atoms with Crippen molar-refractivity contribution in [1.82, 2.24) is 49.2 Å². The first kappa shape index (κ1) is 46.3. The van der Waals surface area contributed by atoms with Gasteiger partial charge in [0.15, 0.2) is 17.3 Å². The highest BCUT2D eigenvalue weighted by Crippen LogP contribution is 2.45. The predicted molar refractivity (Wildman–Crippen MR) is 230 cm³/mol. The van der Waals surface area contributed by atoms with Crippen LogP contribution < -0.4 is 25.8 Å². The van der Waals surface area contributed by atoms with E-state index < -0.39 is 11.8 Å². The Morgan fingerprint density at radius 1 is 0.705 bits per heavy atom. The van der Waals surface area contributed by atoms with E-state index in [0.29, 0.717) is 88.4 Å². The monoisotopic (exact) mass is 847 g/mol. The van der Waals surface area contributed by atoms with Crippen molar-refractivity contribution in [3.8, 4) is 17.2 Å². The van der Waals surface area contributed by atoms with Gasteiger partial charge in [-0.1, -0.05) is 36.4 Å². The van der Waals surface area contributed by atoms with Crippen LogP contribution in [0.4, 0.5) is 16.3 Å². The number of hydrogen-bond acceptors (Lipinski definition) is 14. The van der Waals surface area contributed by atoms with Gasteiger partial charge in [-0.05, 0) is 17.7 Å². The molecule has 0 radical (unpaired) electrons. The molecule has 0 saturated carbocycles. The third kappa shape index (κ3) is 14.4. The van der Waals surface area contributed by atoms with Crippen molar-refractivity contribution in [2.75, 3.05) is 139 Å². The van der Waals surface area contributed by atoms with Crippen LogP contribution in [0.3, 0.4) is 0 Å². The van der Waals surface area contributed by atoms with Crippen LogP contribution in [0.5, 0.6) is 17.2 Å². The second-order valence-corrected chi connectivity index (χ2v) is 15.7. The fourth-order valence-corrected chi connectivity index (χ4v) is 6.49. The van der Waals surface area contributed by atoms with E-state index in [1.165, 1.54) is 4.57 Å². The molecule has 1 fully saturated rings. The standard InChI is InChI=1S/C42H61N11O8/c1-46(2)36(54)28-50-18-16-49(17-19-51(29-37(55)47(3)4)21-23-52(22-20-50)30-38(56)48(5)6)24-25-53-27-35-40(45-41(53)57)44-39-33(13-10-14-34(39)61-35)59-26-15-43-42(58)60-31-32-11-8-7-9-12-32/h7-14,27H,15-26,28-31H2,1-6H3,(H,43,58)(H,44,45,57). The van der Waals surface area contributed by atoms with Crippen molar-refractivity contribution in [3.63, 3.8) is 0 Å². The number of alkyl carbamates (subject to hydrolysis) is 1. The van der Waals surface area contributed by atoms with Crippen LogP contribution in [-0.2, 0) is 32.3 Å². The summed E-state index contributed by atoms with van der Waals surface area (Å²) in [6, 6.07) is 14.7. The van der Waals surface area contributed by atoms with Gasteiger partial charge in [-0.25, -0.2) is 9.59 Å². The lowest BCUT2D eigenvalue weighted by Crippen LogP contribution is -2.50. The molecular formula is C42H61N11O8. The van der Waals surface area contributed by atoms with Crippen molar-refractivity contribution in [3.05, 3.63) is 70.8 Å². The first-order chi connectivity index (χ1) is 29.2. The summed E-state index contributed by atoms with van der Waals surface area (Å²) in [7, 11) is 10.4. The molecule has 19 heteroatoms. The zero-order valence-corrected chi connectivity index (χ0v) is 36.3. The van der Waals surface area contributed by atoms with Gasteiger partial charge in [0, 0.05) is 108 Å². The quantitative estimate of drug-likeness (QED) is 0.161. The van der Waals surface area contributed by atoms with E-state index in [1.54, 1.807) is 81.4 Å². The van der Waals surface area contributed by atoms with Crippen molar-refractivity contribution >= 4 is 35.3 Å². The fourth-order valence-electron chi connectivity index (χ4n) is 6.49. The Kier molecular flexibility index (Phi) is 17.3. The maximum Gasteiger partial charge on any atom is 0.407 e. The summed E-state index contributed by atoms with van der Waals surface area (Å²) in [6.45, 7) is 6.63. The van der Waals surface area contributed by atoms with Gasteiger partial charge in [0.2, 0.25) is 17.7 Å². The average molecular weight is 848 g/mol. The van der Waals surface area contributed by atoms with Crippen LogP contribution in [-0.4, -0.2) is 202 Å². The van der Waals surface area contributed by atoms with Crippen LogP contribution in [0.15, 0.2) is 59.5 Å². The Hall–Kier alpha value is -5.76. The molecule has 332 valence electrons. The topological polar surface area (TPSA) is 178 Å². The van der Waals surface area contributed by atoms with Gasteiger partial charge in [0.1, 0.15) is 24.7 Å². The predicted octanol–water partition coefficient (Wildman–Crippen LogP) is 0.884. The highest BCUT2D eigenvalue weighted by molar-refractivity contribution is 5.79. The van der Waals surface area contributed by atoms with E-state index in [-0.39, 0.29) is 62.9 Å². The molecule has 1 aromatic heterocycles. The average Bonchev–Trinajstić information content (AvgIpc) is 3.23. The van der Waals surface area contributed by atoms with Crippen molar-refractivity contribution in [1.29, 1.82) is 0 Å². The minimum absolute atomic E-state index is 0.0125. The molecule has 3 heterocycles. The highest BCUT2D eigenvalue weighted by atomic mass is 16.5. The number of aromatic nitrogens is 2. The first-order valence-electron chi connectivity index (χ1n) is 20.5. The van der Waals surface area contributed by atoms with Crippen LogP contribution >= 0.6 is 0 Å². The lowest BCUT2D eigenvalue weighted by molar-refractivity contribution is -0.132. The number of carbonyl (C=O) groups is 4. The second kappa shape index (κ2) is 22.7. The summed E-state index contributed by atoms with van der Waals surface area (Å²) in [5.74, 6) is 1.53. The molecule has 0 bridgehead atoms. The largest absolute Gasteiger partial charge is 0.489 e. The minimum Gasteiger partial charge on any atom is -0.489 e. The van der Waals surface area contributed by atoms with Gasteiger partial charge in [0.25, 0.3) is 0 Å². The Labute approximate surface area is 357 Å². The molecule has 2 aliphatic heterocycles. The minimum atomic E-state index is -0.555. The zero-order chi connectivity index (χ0) is 43.9.